The van der Waals surface area contributed by atoms with Crippen molar-refractivity contribution in [2.24, 2.45) is 5.73 Å². The summed E-state index contributed by atoms with van der Waals surface area (Å²) in [5.74, 6) is -0.194. The molecule has 1 unspecified atom stereocenters. The maximum Gasteiger partial charge on any atom is 0.126 e. The summed E-state index contributed by atoms with van der Waals surface area (Å²) in [5, 5.41) is 0. The summed E-state index contributed by atoms with van der Waals surface area (Å²) < 4.78 is 18.4. The average molecular weight is 197 g/mol. The Morgan fingerprint density at radius 1 is 1.50 bits per heavy atom. The van der Waals surface area contributed by atoms with Crippen LogP contribution in [0.1, 0.15) is 24.2 Å². The minimum atomic E-state index is -0.194. The molecule has 2 N–H and O–H groups in total. The number of nitrogens with two attached hydrogens (primary N) is 1. The molecule has 0 aliphatic heterocycles. The van der Waals surface area contributed by atoms with Crippen molar-refractivity contribution >= 4 is 0 Å². The van der Waals surface area contributed by atoms with Gasteiger partial charge < -0.3 is 10.5 Å². The van der Waals surface area contributed by atoms with Crippen LogP contribution < -0.4 is 5.73 Å². The largest absolute Gasteiger partial charge is 0.372 e. The predicted octanol–water partition coefficient (Wildman–Crippen LogP) is 2.17. The Labute approximate surface area is 83.9 Å². The molecule has 2 nitrogen and oxygen atoms in total. The number of aryl methyl sites for hydroxylation is 1. The first-order valence-electron chi connectivity index (χ1n) is 4.76. The van der Waals surface area contributed by atoms with Gasteiger partial charge >= 0.3 is 0 Å². The zero-order chi connectivity index (χ0) is 10.6. The molecule has 78 valence electrons. The molecule has 1 aromatic rings. The van der Waals surface area contributed by atoms with Crippen LogP contribution in [0.4, 0.5) is 4.39 Å². The Bertz CT molecular complexity index is 301. The van der Waals surface area contributed by atoms with E-state index < -0.39 is 0 Å². The quantitative estimate of drug-likeness (QED) is 0.802. The van der Waals surface area contributed by atoms with Gasteiger partial charge in [0.25, 0.3) is 0 Å². The molecule has 0 amide bonds. The fraction of sp³-hybridized carbons (Fsp3) is 0.455. The van der Waals surface area contributed by atoms with Crippen LogP contribution in [-0.4, -0.2) is 13.2 Å². The highest BCUT2D eigenvalue weighted by Gasteiger charge is 2.10. The maximum atomic E-state index is 13.0. The van der Waals surface area contributed by atoms with Gasteiger partial charge in [-0.3, -0.25) is 0 Å². The molecule has 14 heavy (non-hydrogen) atoms. The Hall–Kier alpha value is -0.930. The molecule has 0 saturated heterocycles. The summed E-state index contributed by atoms with van der Waals surface area (Å²) in [6.07, 6.45) is -0.126. The Morgan fingerprint density at radius 3 is 2.71 bits per heavy atom. The van der Waals surface area contributed by atoms with Crippen LogP contribution in [-0.2, 0) is 4.74 Å². The topological polar surface area (TPSA) is 35.2 Å². The molecule has 0 aromatic heterocycles. The van der Waals surface area contributed by atoms with Gasteiger partial charge in [-0.2, -0.15) is 0 Å². The van der Waals surface area contributed by atoms with Crippen molar-refractivity contribution in [2.75, 3.05) is 13.2 Å². The summed E-state index contributed by atoms with van der Waals surface area (Å²) in [6.45, 7) is 4.68. The first-order valence-corrected chi connectivity index (χ1v) is 4.76. The SMILES string of the molecule is CCOC(CN)c1ccc(F)c(C)c1. The van der Waals surface area contributed by atoms with E-state index in [4.69, 9.17) is 10.5 Å². The van der Waals surface area contributed by atoms with Gasteiger partial charge in [-0.25, -0.2) is 4.39 Å². The fourth-order valence-electron chi connectivity index (χ4n) is 1.37. The van der Waals surface area contributed by atoms with E-state index in [9.17, 15) is 4.39 Å². The van der Waals surface area contributed by atoms with Gasteiger partial charge in [-0.05, 0) is 31.0 Å². The third kappa shape index (κ3) is 2.53. The molecule has 0 spiro atoms. The van der Waals surface area contributed by atoms with Crippen LogP contribution in [0.25, 0.3) is 0 Å². The number of halogens is 1. The Balaban J connectivity index is 2.88. The van der Waals surface area contributed by atoms with E-state index in [0.717, 1.165) is 5.56 Å². The zero-order valence-corrected chi connectivity index (χ0v) is 8.59. The highest BCUT2D eigenvalue weighted by Crippen LogP contribution is 2.18. The van der Waals surface area contributed by atoms with E-state index in [2.05, 4.69) is 0 Å². The van der Waals surface area contributed by atoms with Crippen LogP contribution >= 0.6 is 0 Å². The number of benzene rings is 1. The van der Waals surface area contributed by atoms with Crippen LogP contribution in [0.15, 0.2) is 18.2 Å². The van der Waals surface area contributed by atoms with Gasteiger partial charge in [0.05, 0.1) is 6.10 Å². The van der Waals surface area contributed by atoms with Crippen molar-refractivity contribution in [3.8, 4) is 0 Å². The predicted molar refractivity (Wildman–Crippen MR) is 54.6 cm³/mol. The lowest BCUT2D eigenvalue weighted by Gasteiger charge is -2.15. The third-order valence-electron chi connectivity index (χ3n) is 2.14. The number of hydrogen-bond acceptors (Lipinski definition) is 2. The number of hydrogen-bond donors (Lipinski definition) is 1. The third-order valence-corrected chi connectivity index (χ3v) is 2.14. The number of ether oxygens (including phenoxy) is 1. The van der Waals surface area contributed by atoms with Gasteiger partial charge in [-0.15, -0.1) is 0 Å². The smallest absolute Gasteiger partial charge is 0.126 e. The van der Waals surface area contributed by atoms with E-state index >= 15 is 0 Å². The Kier molecular flexibility index (Phi) is 4.04. The summed E-state index contributed by atoms with van der Waals surface area (Å²) >= 11 is 0. The lowest BCUT2D eigenvalue weighted by molar-refractivity contribution is 0.0687. The van der Waals surface area contributed by atoms with E-state index in [1.807, 2.05) is 6.92 Å². The van der Waals surface area contributed by atoms with Crippen LogP contribution in [0.2, 0.25) is 0 Å². The summed E-state index contributed by atoms with van der Waals surface area (Å²) in [6, 6.07) is 4.95. The van der Waals surface area contributed by atoms with E-state index in [0.29, 0.717) is 18.7 Å². The molecule has 3 heteroatoms. The lowest BCUT2D eigenvalue weighted by atomic mass is 10.1. The molecule has 0 aliphatic rings. The van der Waals surface area contributed by atoms with Crippen molar-refractivity contribution in [2.45, 2.75) is 20.0 Å². The van der Waals surface area contributed by atoms with Crippen LogP contribution in [0.5, 0.6) is 0 Å². The lowest BCUT2D eigenvalue weighted by Crippen LogP contribution is -2.16. The second kappa shape index (κ2) is 5.08. The van der Waals surface area contributed by atoms with Crippen molar-refractivity contribution in [3.05, 3.63) is 35.1 Å². The average Bonchev–Trinajstić information content (AvgIpc) is 2.19. The van der Waals surface area contributed by atoms with Crippen molar-refractivity contribution in [3.63, 3.8) is 0 Å². The molecule has 0 radical (unpaired) electrons. The first kappa shape index (κ1) is 11.1. The molecule has 1 atom stereocenters. The Morgan fingerprint density at radius 2 is 2.21 bits per heavy atom. The first-order chi connectivity index (χ1) is 6.69. The molecule has 0 heterocycles. The highest BCUT2D eigenvalue weighted by molar-refractivity contribution is 5.25. The molecule has 0 saturated carbocycles. The number of rotatable bonds is 4. The molecule has 1 aromatic carbocycles. The van der Waals surface area contributed by atoms with Crippen molar-refractivity contribution in [1.82, 2.24) is 0 Å². The minimum absolute atomic E-state index is 0.126. The molecule has 0 aliphatic carbocycles. The molecule has 0 fully saturated rings. The summed E-state index contributed by atoms with van der Waals surface area (Å²) in [4.78, 5) is 0. The molecular formula is C11H16FNO. The fourth-order valence-corrected chi connectivity index (χ4v) is 1.37. The van der Waals surface area contributed by atoms with E-state index in [1.165, 1.54) is 6.07 Å². The van der Waals surface area contributed by atoms with Crippen molar-refractivity contribution < 1.29 is 9.13 Å². The summed E-state index contributed by atoms with van der Waals surface area (Å²) in [7, 11) is 0. The van der Waals surface area contributed by atoms with Gasteiger partial charge in [0, 0.05) is 13.2 Å². The zero-order valence-electron chi connectivity index (χ0n) is 8.59. The van der Waals surface area contributed by atoms with Crippen LogP contribution in [0.3, 0.4) is 0 Å². The van der Waals surface area contributed by atoms with Crippen LogP contribution in [0, 0.1) is 12.7 Å². The maximum absolute atomic E-state index is 13.0. The molecular weight excluding hydrogens is 181 g/mol. The molecule has 0 bridgehead atoms. The standard InChI is InChI=1S/C11H16FNO/c1-3-14-11(7-13)9-4-5-10(12)8(2)6-9/h4-6,11H,3,7,13H2,1-2H3. The van der Waals surface area contributed by atoms with Gasteiger partial charge in [-0.1, -0.05) is 12.1 Å². The second-order valence-electron chi connectivity index (χ2n) is 3.19. The van der Waals surface area contributed by atoms with Crippen molar-refractivity contribution in [1.29, 1.82) is 0 Å². The monoisotopic (exact) mass is 197 g/mol. The van der Waals surface area contributed by atoms with Gasteiger partial charge in [0.1, 0.15) is 5.82 Å². The molecule has 1 rings (SSSR count). The second-order valence-corrected chi connectivity index (χ2v) is 3.19. The van der Waals surface area contributed by atoms with Gasteiger partial charge in [0.15, 0.2) is 0 Å². The summed E-state index contributed by atoms with van der Waals surface area (Å²) in [5.41, 5.74) is 7.12. The van der Waals surface area contributed by atoms with E-state index in [1.54, 1.807) is 19.1 Å². The van der Waals surface area contributed by atoms with E-state index in [-0.39, 0.29) is 11.9 Å². The van der Waals surface area contributed by atoms with Gasteiger partial charge in [0.2, 0.25) is 0 Å². The minimum Gasteiger partial charge on any atom is -0.372 e. The highest BCUT2D eigenvalue weighted by atomic mass is 19.1. The normalized spacial score (nSPS) is 12.9.